The van der Waals surface area contributed by atoms with Crippen molar-refractivity contribution in [3.8, 4) is 5.75 Å². The van der Waals surface area contributed by atoms with Crippen LogP contribution in [-0.4, -0.2) is 60.4 Å². The van der Waals surface area contributed by atoms with Crippen molar-refractivity contribution in [1.82, 2.24) is 14.8 Å². The Balaban J connectivity index is 1.50. The highest BCUT2D eigenvalue weighted by Crippen LogP contribution is 2.27. The van der Waals surface area contributed by atoms with Gasteiger partial charge >= 0.3 is 6.09 Å². The molecule has 9 heteroatoms. The number of aromatic nitrogens is 1. The van der Waals surface area contributed by atoms with Crippen LogP contribution in [0.1, 0.15) is 49.7 Å². The average Bonchev–Trinajstić information content (AvgIpc) is 2.89. The number of pyridine rings is 1. The lowest BCUT2D eigenvalue weighted by Gasteiger charge is -2.37. The summed E-state index contributed by atoms with van der Waals surface area (Å²) in [6, 6.07) is 15.0. The summed E-state index contributed by atoms with van der Waals surface area (Å²) in [7, 11) is 3.06. The van der Waals surface area contributed by atoms with Crippen molar-refractivity contribution < 1.29 is 19.1 Å². The number of rotatable bonds is 5. The van der Waals surface area contributed by atoms with E-state index < -0.39 is 5.60 Å². The minimum Gasteiger partial charge on any atom is -0.490 e. The van der Waals surface area contributed by atoms with E-state index in [9.17, 15) is 14.4 Å². The van der Waals surface area contributed by atoms with Crippen molar-refractivity contribution in [3.63, 3.8) is 0 Å². The lowest BCUT2D eigenvalue weighted by molar-refractivity contribution is 0.0240. The number of carbonyl (C=O) groups excluding carboxylic acids is 2. The summed E-state index contributed by atoms with van der Waals surface area (Å²) >= 11 is 0. The molecule has 1 N–H and O–H groups in total. The van der Waals surface area contributed by atoms with Crippen LogP contribution < -0.4 is 20.5 Å². The standard InChI is InChI=1S/C29H36N4O5/c1-19(30-26(34)24-22-12-7-8-13-23(22)31(5)27(35)25(24)37-6)20-10-9-11-21(18-20)32-14-16-33(17-15-32)28(36)38-29(2,3)4/h7-13,18-19H,14-17H2,1-6H3,(H,30,34)/t19-/m1/s1. The Kier molecular flexibility index (Phi) is 7.66. The summed E-state index contributed by atoms with van der Waals surface area (Å²) in [5.74, 6) is -0.355. The second-order valence-electron chi connectivity index (χ2n) is 10.5. The number of amides is 2. The SMILES string of the molecule is COc1c(C(=O)N[C@H](C)c2cccc(N3CCN(C(=O)OC(C)(C)C)CC3)c2)c2ccccc2n(C)c1=O. The summed E-state index contributed by atoms with van der Waals surface area (Å²) in [6.45, 7) is 10.0. The third kappa shape index (κ3) is 5.61. The zero-order valence-electron chi connectivity index (χ0n) is 22.9. The molecule has 38 heavy (non-hydrogen) atoms. The van der Waals surface area contributed by atoms with Crippen LogP contribution in [0.3, 0.4) is 0 Å². The Bertz CT molecular complexity index is 1400. The first-order valence-corrected chi connectivity index (χ1v) is 12.8. The number of nitrogens with zero attached hydrogens (tertiary/aromatic N) is 3. The largest absolute Gasteiger partial charge is 0.490 e. The van der Waals surface area contributed by atoms with E-state index in [1.165, 1.54) is 11.7 Å². The molecule has 0 aliphatic carbocycles. The fraction of sp³-hybridized carbons (Fsp3) is 0.414. The predicted molar refractivity (Wildman–Crippen MR) is 148 cm³/mol. The third-order valence-corrected chi connectivity index (χ3v) is 6.71. The normalized spacial score (nSPS) is 14.8. The highest BCUT2D eigenvalue weighted by atomic mass is 16.6. The molecule has 2 aromatic carbocycles. The van der Waals surface area contributed by atoms with E-state index in [1.807, 2.05) is 76.2 Å². The number of methoxy groups -OCH3 is 1. The first kappa shape index (κ1) is 27.0. The second kappa shape index (κ2) is 10.8. The van der Waals surface area contributed by atoms with E-state index in [4.69, 9.17) is 9.47 Å². The van der Waals surface area contributed by atoms with Gasteiger partial charge in [0.05, 0.1) is 24.2 Å². The second-order valence-corrected chi connectivity index (χ2v) is 10.5. The molecule has 1 aromatic heterocycles. The van der Waals surface area contributed by atoms with Crippen LogP contribution in [0.2, 0.25) is 0 Å². The molecule has 3 aromatic rings. The Morgan fingerprint density at radius 3 is 2.34 bits per heavy atom. The molecule has 2 heterocycles. The first-order chi connectivity index (χ1) is 18.0. The number of ether oxygens (including phenoxy) is 2. The molecule has 0 unspecified atom stereocenters. The maximum absolute atomic E-state index is 13.5. The van der Waals surface area contributed by atoms with E-state index >= 15 is 0 Å². The molecule has 1 fully saturated rings. The van der Waals surface area contributed by atoms with Gasteiger partial charge in [-0.2, -0.15) is 0 Å². The van der Waals surface area contributed by atoms with Crippen LogP contribution in [0.5, 0.6) is 5.75 Å². The Morgan fingerprint density at radius 2 is 1.68 bits per heavy atom. The van der Waals surface area contributed by atoms with Crippen LogP contribution in [-0.2, 0) is 11.8 Å². The molecule has 9 nitrogen and oxygen atoms in total. The van der Waals surface area contributed by atoms with Gasteiger partial charge in [0.15, 0.2) is 5.75 Å². The minimum atomic E-state index is -0.522. The molecular formula is C29H36N4O5. The van der Waals surface area contributed by atoms with Gasteiger partial charge in [-0.25, -0.2) is 4.79 Å². The van der Waals surface area contributed by atoms with Crippen molar-refractivity contribution in [2.45, 2.75) is 39.3 Å². The van der Waals surface area contributed by atoms with Crippen LogP contribution in [0, 0.1) is 0 Å². The smallest absolute Gasteiger partial charge is 0.410 e. The summed E-state index contributed by atoms with van der Waals surface area (Å²) in [5.41, 5.74) is 1.95. The van der Waals surface area contributed by atoms with Crippen molar-refractivity contribution in [3.05, 3.63) is 70.0 Å². The maximum atomic E-state index is 13.5. The monoisotopic (exact) mass is 520 g/mol. The molecule has 0 saturated carbocycles. The zero-order chi connectivity index (χ0) is 27.6. The molecule has 0 radical (unpaired) electrons. The fourth-order valence-electron chi connectivity index (χ4n) is 4.70. The minimum absolute atomic E-state index is 0.0208. The Morgan fingerprint density at radius 1 is 1.00 bits per heavy atom. The number of anilines is 1. The van der Waals surface area contributed by atoms with Gasteiger partial charge in [0, 0.05) is 44.3 Å². The molecule has 1 aliphatic rings. The molecule has 4 rings (SSSR count). The predicted octanol–water partition coefficient (Wildman–Crippen LogP) is 4.10. The van der Waals surface area contributed by atoms with E-state index in [1.54, 1.807) is 11.9 Å². The van der Waals surface area contributed by atoms with Gasteiger partial charge in [0.2, 0.25) is 0 Å². The van der Waals surface area contributed by atoms with E-state index in [-0.39, 0.29) is 34.9 Å². The molecule has 1 saturated heterocycles. The Labute approximate surface area is 222 Å². The lowest BCUT2D eigenvalue weighted by Crippen LogP contribution is -2.50. The summed E-state index contributed by atoms with van der Waals surface area (Å²) in [4.78, 5) is 42.7. The maximum Gasteiger partial charge on any atom is 0.410 e. The quantitative estimate of drug-likeness (QED) is 0.545. The zero-order valence-corrected chi connectivity index (χ0v) is 22.9. The van der Waals surface area contributed by atoms with Crippen molar-refractivity contribution in [2.75, 3.05) is 38.2 Å². The highest BCUT2D eigenvalue weighted by Gasteiger charge is 2.27. The number of carbonyl (C=O) groups is 2. The number of para-hydroxylation sites is 1. The highest BCUT2D eigenvalue weighted by molar-refractivity contribution is 6.08. The van der Waals surface area contributed by atoms with Gasteiger partial charge in [-0.1, -0.05) is 30.3 Å². The molecule has 2 amide bonds. The van der Waals surface area contributed by atoms with Gasteiger partial charge in [-0.3, -0.25) is 9.59 Å². The van der Waals surface area contributed by atoms with Gasteiger partial charge in [-0.05, 0) is 51.5 Å². The number of nitrogens with one attached hydrogen (secondary N) is 1. The van der Waals surface area contributed by atoms with Gasteiger partial charge in [0.1, 0.15) is 5.60 Å². The average molecular weight is 521 g/mol. The van der Waals surface area contributed by atoms with Crippen LogP contribution in [0.4, 0.5) is 10.5 Å². The molecule has 1 aliphatic heterocycles. The van der Waals surface area contributed by atoms with Crippen molar-refractivity contribution in [1.29, 1.82) is 0 Å². The van der Waals surface area contributed by atoms with Crippen LogP contribution in [0.25, 0.3) is 10.9 Å². The fourth-order valence-corrected chi connectivity index (χ4v) is 4.70. The summed E-state index contributed by atoms with van der Waals surface area (Å²) in [5, 5.41) is 3.69. The number of fused-ring (bicyclic) bond motifs is 1. The first-order valence-electron chi connectivity index (χ1n) is 12.8. The number of piperazine rings is 1. The topological polar surface area (TPSA) is 93.1 Å². The van der Waals surface area contributed by atoms with Crippen molar-refractivity contribution >= 4 is 28.6 Å². The van der Waals surface area contributed by atoms with E-state index in [2.05, 4.69) is 10.2 Å². The summed E-state index contributed by atoms with van der Waals surface area (Å²) in [6.07, 6.45) is -0.291. The molecular weight excluding hydrogens is 484 g/mol. The van der Waals surface area contributed by atoms with Gasteiger partial charge in [0.25, 0.3) is 11.5 Å². The van der Waals surface area contributed by atoms with Gasteiger partial charge in [-0.15, -0.1) is 0 Å². The third-order valence-electron chi connectivity index (χ3n) is 6.71. The molecule has 0 bridgehead atoms. The molecule has 202 valence electrons. The Hall–Kier alpha value is -4.01. The number of aryl methyl sites for hydroxylation is 1. The number of benzene rings is 2. The summed E-state index contributed by atoms with van der Waals surface area (Å²) < 4.78 is 12.4. The van der Waals surface area contributed by atoms with E-state index in [0.717, 1.165) is 11.3 Å². The van der Waals surface area contributed by atoms with Crippen LogP contribution in [0.15, 0.2) is 53.3 Å². The molecule has 1 atom stereocenters. The van der Waals surface area contributed by atoms with E-state index in [0.29, 0.717) is 37.1 Å². The lowest BCUT2D eigenvalue weighted by atomic mass is 10.0. The van der Waals surface area contributed by atoms with Crippen molar-refractivity contribution in [2.24, 2.45) is 7.05 Å². The number of hydrogen-bond donors (Lipinski definition) is 1. The van der Waals surface area contributed by atoms with Gasteiger partial charge < -0.3 is 29.2 Å². The molecule has 0 spiro atoms. The number of hydrogen-bond acceptors (Lipinski definition) is 6. The van der Waals surface area contributed by atoms with Crippen LogP contribution >= 0.6 is 0 Å².